The lowest BCUT2D eigenvalue weighted by Crippen LogP contribution is -2.21. The van der Waals surface area contributed by atoms with Gasteiger partial charge in [-0.2, -0.15) is 0 Å². The number of hydrogen-bond donors (Lipinski definition) is 1. The number of halogens is 1. The van der Waals surface area contributed by atoms with Crippen LogP contribution in [0.3, 0.4) is 0 Å². The van der Waals surface area contributed by atoms with Crippen molar-refractivity contribution < 1.29 is 13.9 Å². The average molecular weight is 502 g/mol. The van der Waals surface area contributed by atoms with E-state index in [1.807, 2.05) is 60.8 Å². The van der Waals surface area contributed by atoms with Gasteiger partial charge < -0.3 is 9.15 Å². The number of nitrogens with zero attached hydrogens (tertiary/aromatic N) is 2. The molecule has 1 amide bonds. The molecule has 0 aliphatic carbocycles. The summed E-state index contributed by atoms with van der Waals surface area (Å²) in [6.07, 6.45) is 0. The van der Waals surface area contributed by atoms with Crippen LogP contribution in [0.15, 0.2) is 87.6 Å². The summed E-state index contributed by atoms with van der Waals surface area (Å²) in [4.78, 5) is 22.6. The van der Waals surface area contributed by atoms with Crippen LogP contribution in [0.5, 0.6) is 5.75 Å². The van der Waals surface area contributed by atoms with Crippen molar-refractivity contribution in [2.75, 3.05) is 12.4 Å². The van der Waals surface area contributed by atoms with Gasteiger partial charge in [0.25, 0.3) is 5.91 Å². The Balaban J connectivity index is 1.52. The van der Waals surface area contributed by atoms with Crippen LogP contribution in [0.4, 0.5) is 10.8 Å². The van der Waals surface area contributed by atoms with Crippen LogP contribution in [0.1, 0.15) is 15.9 Å². The summed E-state index contributed by atoms with van der Waals surface area (Å²) in [5, 5.41) is 6.48. The number of nitrogens with one attached hydrogen (secondary N) is 1. The van der Waals surface area contributed by atoms with Crippen molar-refractivity contribution in [2.45, 2.75) is 6.92 Å². The third-order valence-electron chi connectivity index (χ3n) is 5.40. The van der Waals surface area contributed by atoms with E-state index in [1.165, 1.54) is 11.3 Å². The number of aryl methyl sites for hydroxylation is 1. The number of anilines is 1. The zero-order valence-corrected chi connectivity index (χ0v) is 20.5. The van der Waals surface area contributed by atoms with Gasteiger partial charge in [0.05, 0.1) is 18.5 Å². The van der Waals surface area contributed by atoms with Crippen LogP contribution in [0.25, 0.3) is 22.2 Å². The molecule has 2 aromatic heterocycles. The molecule has 1 N–H and O–H groups in total. The molecule has 0 radical (unpaired) electrons. The molecule has 0 spiro atoms. The van der Waals surface area contributed by atoms with Crippen molar-refractivity contribution in [2.24, 2.45) is 4.99 Å². The Morgan fingerprint density at radius 3 is 2.66 bits per heavy atom. The molecule has 2 heterocycles. The lowest BCUT2D eigenvalue weighted by molar-refractivity contribution is 0.102. The van der Waals surface area contributed by atoms with Gasteiger partial charge in [-0.25, -0.2) is 9.98 Å². The third-order valence-corrected chi connectivity index (χ3v) is 6.39. The van der Waals surface area contributed by atoms with E-state index in [4.69, 9.17) is 20.8 Å². The maximum Gasteiger partial charge on any atom is 0.262 e. The van der Waals surface area contributed by atoms with Gasteiger partial charge in [-0.3, -0.25) is 10.1 Å². The molecule has 0 aliphatic rings. The molecule has 3 aromatic carbocycles. The van der Waals surface area contributed by atoms with Gasteiger partial charge >= 0.3 is 0 Å². The second kappa shape index (κ2) is 9.74. The van der Waals surface area contributed by atoms with E-state index < -0.39 is 0 Å². The second-order valence-electron chi connectivity index (χ2n) is 7.77. The highest BCUT2D eigenvalue weighted by Gasteiger charge is 2.16. The highest BCUT2D eigenvalue weighted by atomic mass is 35.5. The molecule has 0 saturated carbocycles. The Morgan fingerprint density at radius 2 is 1.89 bits per heavy atom. The Hall–Kier alpha value is -3.94. The van der Waals surface area contributed by atoms with Crippen molar-refractivity contribution in [3.8, 4) is 17.0 Å². The van der Waals surface area contributed by atoms with Gasteiger partial charge in [0.1, 0.15) is 16.9 Å². The number of hydrogen-bond acceptors (Lipinski definition) is 6. The number of carbonyl (C=O) groups is 1. The van der Waals surface area contributed by atoms with E-state index in [0.717, 1.165) is 28.3 Å². The first-order valence-electron chi connectivity index (χ1n) is 10.8. The number of para-hydroxylation sites is 1. The lowest BCUT2D eigenvalue weighted by Gasteiger charge is -2.06. The summed E-state index contributed by atoms with van der Waals surface area (Å²) in [6, 6.07) is 22.2. The van der Waals surface area contributed by atoms with Gasteiger partial charge in [-0.05, 0) is 67.1 Å². The largest absolute Gasteiger partial charge is 0.497 e. The minimum absolute atomic E-state index is 0.207. The number of ether oxygens (including phenoxy) is 1. The molecule has 0 saturated heterocycles. The van der Waals surface area contributed by atoms with Crippen molar-refractivity contribution in [1.29, 1.82) is 0 Å². The summed E-state index contributed by atoms with van der Waals surface area (Å²) in [5.74, 6) is 0.390. The first kappa shape index (κ1) is 22.8. The number of benzene rings is 3. The van der Waals surface area contributed by atoms with Crippen molar-refractivity contribution in [3.05, 3.63) is 99.9 Å². The smallest absolute Gasteiger partial charge is 0.262 e. The predicted molar refractivity (Wildman–Crippen MR) is 140 cm³/mol. The van der Waals surface area contributed by atoms with Crippen molar-refractivity contribution in [3.63, 3.8) is 0 Å². The van der Waals surface area contributed by atoms with Gasteiger partial charge in [0.2, 0.25) is 5.55 Å². The van der Waals surface area contributed by atoms with E-state index in [2.05, 4.69) is 15.3 Å². The quantitative estimate of drug-likeness (QED) is 0.281. The molecular formula is C27H20ClN3O3S. The van der Waals surface area contributed by atoms with E-state index in [1.54, 1.807) is 31.4 Å². The van der Waals surface area contributed by atoms with Crippen LogP contribution < -0.4 is 15.6 Å². The molecule has 8 heteroatoms. The molecule has 0 bridgehead atoms. The Morgan fingerprint density at radius 1 is 1.09 bits per heavy atom. The Kier molecular flexibility index (Phi) is 6.35. The molecule has 6 nitrogen and oxygen atoms in total. The fraction of sp³-hybridized carbons (Fsp3) is 0.0741. The van der Waals surface area contributed by atoms with E-state index >= 15 is 0 Å². The minimum atomic E-state index is -0.376. The number of methoxy groups -OCH3 is 1. The first-order valence-corrected chi connectivity index (χ1v) is 12.0. The lowest BCUT2D eigenvalue weighted by atomic mass is 10.1. The summed E-state index contributed by atoms with van der Waals surface area (Å²) in [7, 11) is 1.62. The van der Waals surface area contributed by atoms with Crippen LogP contribution in [-0.2, 0) is 0 Å². The molecule has 35 heavy (non-hydrogen) atoms. The highest BCUT2D eigenvalue weighted by molar-refractivity contribution is 7.14. The van der Waals surface area contributed by atoms with Crippen LogP contribution in [0, 0.1) is 6.92 Å². The molecule has 5 aromatic rings. The van der Waals surface area contributed by atoms with Gasteiger partial charge in [0, 0.05) is 21.4 Å². The molecule has 0 atom stereocenters. The Labute approximate surface area is 210 Å². The molecular weight excluding hydrogens is 482 g/mol. The number of rotatable bonds is 5. The maximum absolute atomic E-state index is 13.4. The van der Waals surface area contributed by atoms with E-state index in [-0.39, 0.29) is 17.0 Å². The zero-order valence-electron chi connectivity index (χ0n) is 18.9. The van der Waals surface area contributed by atoms with Gasteiger partial charge in [-0.1, -0.05) is 29.8 Å². The normalized spacial score (nSPS) is 11.6. The standard InChI is InChI=1S/C27H20ClN3O3S/c1-16-5-3-4-6-22(16)29-26-21(14-18-13-19(28)9-12-24(18)34-26)25(32)31-27-30-23(15-35-27)17-7-10-20(33-2)11-8-17/h3-15H,1-2H3,(H,30,31,32). The van der Waals surface area contributed by atoms with Crippen molar-refractivity contribution >= 4 is 50.6 Å². The maximum atomic E-state index is 13.4. The molecule has 5 rings (SSSR count). The van der Waals surface area contributed by atoms with Crippen molar-refractivity contribution in [1.82, 2.24) is 4.98 Å². The highest BCUT2D eigenvalue weighted by Crippen LogP contribution is 2.27. The number of thiazole rings is 1. The summed E-state index contributed by atoms with van der Waals surface area (Å²) >= 11 is 7.51. The molecule has 0 aliphatic heterocycles. The summed E-state index contributed by atoms with van der Waals surface area (Å²) < 4.78 is 11.3. The summed E-state index contributed by atoms with van der Waals surface area (Å²) in [6.45, 7) is 1.95. The monoisotopic (exact) mass is 501 g/mol. The number of amides is 1. The Bertz CT molecular complexity index is 1610. The zero-order chi connectivity index (χ0) is 24.4. The molecule has 0 unspecified atom stereocenters. The van der Waals surface area contributed by atoms with Gasteiger partial charge in [0.15, 0.2) is 5.13 Å². The predicted octanol–water partition coefficient (Wildman–Crippen LogP) is 7.01. The number of carbonyl (C=O) groups excluding carboxylic acids is 1. The second-order valence-corrected chi connectivity index (χ2v) is 9.06. The molecule has 0 fully saturated rings. The first-order chi connectivity index (χ1) is 17.0. The van der Waals surface area contributed by atoms with Crippen LogP contribution in [0.2, 0.25) is 5.02 Å². The topological polar surface area (TPSA) is 76.7 Å². The SMILES string of the molecule is COc1ccc(-c2csc(NC(=O)c3cc4cc(Cl)ccc4oc3=Nc3ccccc3C)n2)cc1. The van der Waals surface area contributed by atoms with Gasteiger partial charge in [-0.15, -0.1) is 11.3 Å². The minimum Gasteiger partial charge on any atom is -0.497 e. The third kappa shape index (κ3) is 4.96. The average Bonchev–Trinajstić information content (AvgIpc) is 3.33. The number of fused-ring (bicyclic) bond motifs is 1. The molecule has 174 valence electrons. The van der Waals surface area contributed by atoms with Crippen LogP contribution >= 0.6 is 22.9 Å². The fourth-order valence-electron chi connectivity index (χ4n) is 3.54. The van der Waals surface area contributed by atoms with Crippen LogP contribution in [-0.4, -0.2) is 18.0 Å². The summed E-state index contributed by atoms with van der Waals surface area (Å²) in [5.41, 5.74) is 4.43. The number of aromatic nitrogens is 1. The fourth-order valence-corrected chi connectivity index (χ4v) is 4.43. The van der Waals surface area contributed by atoms with E-state index in [9.17, 15) is 4.79 Å². The van der Waals surface area contributed by atoms with E-state index in [0.29, 0.717) is 21.1 Å².